The smallest absolute Gasteiger partial charge is 0.328 e. The van der Waals surface area contributed by atoms with Gasteiger partial charge in [0.25, 0.3) is 0 Å². The van der Waals surface area contributed by atoms with Crippen molar-refractivity contribution in [3.8, 4) is 5.75 Å². The maximum Gasteiger partial charge on any atom is 0.328 e. The predicted molar refractivity (Wildman–Crippen MR) is 80.8 cm³/mol. The fraction of sp³-hybridized carbons (Fsp3) is 0.529. The van der Waals surface area contributed by atoms with Gasteiger partial charge in [-0.15, -0.1) is 0 Å². The highest BCUT2D eigenvalue weighted by Crippen LogP contribution is 2.32. The van der Waals surface area contributed by atoms with Crippen LogP contribution in [0.3, 0.4) is 0 Å². The lowest BCUT2D eigenvalue weighted by molar-refractivity contribution is -0.169. The number of ether oxygens (including phenoxy) is 2. The maximum atomic E-state index is 13.7. The molecule has 1 rings (SSSR count). The van der Waals surface area contributed by atoms with Crippen LogP contribution in [0.4, 0.5) is 13.2 Å². The molecule has 0 heterocycles. The Morgan fingerprint density at radius 2 is 1.62 bits per heavy atom. The third-order valence-corrected chi connectivity index (χ3v) is 3.74. The Morgan fingerprint density at radius 3 is 2.12 bits per heavy atom. The van der Waals surface area contributed by atoms with Crippen LogP contribution < -0.4 is 4.74 Å². The monoisotopic (exact) mass is 346 g/mol. The molecule has 0 radical (unpaired) electrons. The minimum Gasteiger partial charge on any atom is -0.465 e. The zero-order valence-corrected chi connectivity index (χ0v) is 14.1. The largest absolute Gasteiger partial charge is 0.465 e. The van der Waals surface area contributed by atoms with Gasteiger partial charge in [0, 0.05) is 0 Å². The second-order valence-corrected chi connectivity index (χ2v) is 5.84. The van der Waals surface area contributed by atoms with E-state index in [1.165, 1.54) is 0 Å². The first-order valence-corrected chi connectivity index (χ1v) is 7.72. The molecule has 0 aliphatic rings. The zero-order chi connectivity index (χ0) is 18.5. The zero-order valence-electron chi connectivity index (χ0n) is 14.1. The summed E-state index contributed by atoms with van der Waals surface area (Å²) >= 11 is 0. The van der Waals surface area contributed by atoms with Crippen LogP contribution in [-0.4, -0.2) is 18.5 Å². The summed E-state index contributed by atoms with van der Waals surface area (Å²) in [6.45, 7) is 6.96. The first-order chi connectivity index (χ1) is 11.2. The lowest BCUT2D eigenvalue weighted by atomic mass is 9.82. The highest BCUT2D eigenvalue weighted by Gasteiger charge is 2.46. The molecule has 0 aromatic heterocycles. The number of hydrogen-bond donors (Lipinski definition) is 0. The maximum absolute atomic E-state index is 13.7. The summed E-state index contributed by atoms with van der Waals surface area (Å²) in [5.41, 5.74) is -1.63. The highest BCUT2D eigenvalue weighted by molar-refractivity contribution is 6.00. The number of halogens is 3. The van der Waals surface area contributed by atoms with Gasteiger partial charge in [-0.2, -0.15) is 4.39 Å². The third-order valence-electron chi connectivity index (χ3n) is 3.74. The molecule has 0 saturated carbocycles. The Hall–Kier alpha value is -2.05. The molecule has 24 heavy (non-hydrogen) atoms. The fourth-order valence-electron chi connectivity index (χ4n) is 2.08. The SMILES string of the molecule is CCC(CC)(C(=O)OCC(C)C)C(=O)Oc1ccc(F)c(F)c1F. The Balaban J connectivity index is 3.06. The minimum absolute atomic E-state index is 0.0601. The molecule has 134 valence electrons. The average Bonchev–Trinajstić information content (AvgIpc) is 2.55. The van der Waals surface area contributed by atoms with Gasteiger partial charge in [0.05, 0.1) is 6.61 Å². The van der Waals surface area contributed by atoms with Crippen molar-refractivity contribution in [3.05, 3.63) is 29.6 Å². The Morgan fingerprint density at radius 1 is 1.04 bits per heavy atom. The van der Waals surface area contributed by atoms with Crippen LogP contribution in [0, 0.1) is 28.8 Å². The van der Waals surface area contributed by atoms with Crippen molar-refractivity contribution in [1.82, 2.24) is 0 Å². The van der Waals surface area contributed by atoms with E-state index in [4.69, 9.17) is 9.47 Å². The van der Waals surface area contributed by atoms with Crippen molar-refractivity contribution in [1.29, 1.82) is 0 Å². The van der Waals surface area contributed by atoms with Gasteiger partial charge in [0.2, 0.25) is 5.82 Å². The molecule has 0 N–H and O–H groups in total. The number of esters is 2. The lowest BCUT2D eigenvalue weighted by Gasteiger charge is -2.27. The third kappa shape index (κ3) is 4.07. The topological polar surface area (TPSA) is 52.6 Å². The van der Waals surface area contributed by atoms with E-state index in [1.54, 1.807) is 13.8 Å². The summed E-state index contributed by atoms with van der Waals surface area (Å²) in [6, 6.07) is 1.43. The minimum atomic E-state index is -1.75. The Labute approximate surface area is 138 Å². The van der Waals surface area contributed by atoms with E-state index >= 15 is 0 Å². The van der Waals surface area contributed by atoms with E-state index in [0.29, 0.717) is 6.07 Å². The van der Waals surface area contributed by atoms with E-state index in [2.05, 4.69) is 0 Å². The van der Waals surface area contributed by atoms with E-state index in [0.717, 1.165) is 6.07 Å². The van der Waals surface area contributed by atoms with Gasteiger partial charge >= 0.3 is 11.9 Å². The molecule has 0 aliphatic carbocycles. The van der Waals surface area contributed by atoms with Crippen molar-refractivity contribution in [2.24, 2.45) is 11.3 Å². The van der Waals surface area contributed by atoms with Gasteiger partial charge in [-0.1, -0.05) is 27.7 Å². The van der Waals surface area contributed by atoms with E-state index in [9.17, 15) is 22.8 Å². The van der Waals surface area contributed by atoms with Crippen molar-refractivity contribution in [3.63, 3.8) is 0 Å². The Kier molecular flexibility index (Phi) is 6.81. The molecule has 0 atom stereocenters. The predicted octanol–water partition coefficient (Wildman–Crippen LogP) is 4.01. The van der Waals surface area contributed by atoms with Gasteiger partial charge in [0.15, 0.2) is 22.8 Å². The molecule has 0 saturated heterocycles. The van der Waals surface area contributed by atoms with E-state index < -0.39 is 40.6 Å². The average molecular weight is 346 g/mol. The molecule has 1 aromatic rings. The van der Waals surface area contributed by atoms with Crippen molar-refractivity contribution in [2.45, 2.75) is 40.5 Å². The van der Waals surface area contributed by atoms with Gasteiger partial charge in [-0.25, -0.2) is 8.78 Å². The molecular formula is C17H21F3O4. The normalized spacial score (nSPS) is 11.5. The van der Waals surface area contributed by atoms with Gasteiger partial charge in [0.1, 0.15) is 0 Å². The van der Waals surface area contributed by atoms with Crippen LogP contribution in [0.15, 0.2) is 12.1 Å². The van der Waals surface area contributed by atoms with Crippen LogP contribution >= 0.6 is 0 Å². The summed E-state index contributed by atoms with van der Waals surface area (Å²) in [6.07, 6.45) is 0.120. The molecule has 0 aliphatic heterocycles. The number of carbonyl (C=O) groups is 2. The van der Waals surface area contributed by atoms with Crippen LogP contribution in [0.25, 0.3) is 0 Å². The van der Waals surface area contributed by atoms with Crippen LogP contribution in [0.2, 0.25) is 0 Å². The van der Waals surface area contributed by atoms with Gasteiger partial charge in [-0.05, 0) is 30.9 Å². The number of rotatable bonds is 7. The standard InChI is InChI=1S/C17H21F3O4/c1-5-17(6-2,15(21)23-9-10(3)4)16(22)24-12-8-7-11(18)13(19)14(12)20/h7-8,10H,5-6,9H2,1-4H3. The Bertz CT molecular complexity index is 610. The quantitative estimate of drug-likeness (QED) is 0.324. The second-order valence-electron chi connectivity index (χ2n) is 5.84. The summed E-state index contributed by atoms with van der Waals surface area (Å²) in [5.74, 6) is -7.33. The molecule has 0 bridgehead atoms. The molecular weight excluding hydrogens is 325 g/mol. The molecule has 0 spiro atoms. The first-order valence-electron chi connectivity index (χ1n) is 7.72. The summed E-state index contributed by atoms with van der Waals surface area (Å²) in [4.78, 5) is 24.7. The molecule has 0 fully saturated rings. The van der Waals surface area contributed by atoms with Crippen LogP contribution in [0.1, 0.15) is 40.5 Å². The van der Waals surface area contributed by atoms with Gasteiger partial charge < -0.3 is 9.47 Å². The molecule has 7 heteroatoms. The molecule has 0 unspecified atom stereocenters. The van der Waals surface area contributed by atoms with Crippen LogP contribution in [0.5, 0.6) is 5.75 Å². The van der Waals surface area contributed by atoms with Gasteiger partial charge in [-0.3, -0.25) is 9.59 Å². The highest BCUT2D eigenvalue weighted by atomic mass is 19.2. The second kappa shape index (κ2) is 8.17. The number of benzene rings is 1. The van der Waals surface area contributed by atoms with Crippen LogP contribution in [-0.2, 0) is 14.3 Å². The number of hydrogen-bond acceptors (Lipinski definition) is 4. The molecule has 4 nitrogen and oxygen atoms in total. The van der Waals surface area contributed by atoms with Crippen molar-refractivity contribution in [2.75, 3.05) is 6.61 Å². The lowest BCUT2D eigenvalue weighted by Crippen LogP contribution is -2.43. The summed E-state index contributed by atoms with van der Waals surface area (Å²) in [5, 5.41) is 0. The van der Waals surface area contributed by atoms with E-state index in [1.807, 2.05) is 13.8 Å². The summed E-state index contributed by atoms with van der Waals surface area (Å²) in [7, 11) is 0. The molecule has 0 amide bonds. The first kappa shape index (κ1) is 20.0. The van der Waals surface area contributed by atoms with Crippen molar-refractivity contribution >= 4 is 11.9 Å². The summed E-state index contributed by atoms with van der Waals surface area (Å²) < 4.78 is 49.8. The van der Waals surface area contributed by atoms with E-state index in [-0.39, 0.29) is 25.4 Å². The van der Waals surface area contributed by atoms with Crippen molar-refractivity contribution < 1.29 is 32.2 Å². The number of carbonyl (C=O) groups excluding carboxylic acids is 2. The fourth-order valence-corrected chi connectivity index (χ4v) is 2.08. The molecule has 1 aromatic carbocycles.